The van der Waals surface area contributed by atoms with Gasteiger partial charge in [-0.1, -0.05) is 11.6 Å². The predicted molar refractivity (Wildman–Crippen MR) is 47.6 cm³/mol. The van der Waals surface area contributed by atoms with Gasteiger partial charge in [0.05, 0.1) is 0 Å². The second kappa shape index (κ2) is 4.09. The van der Waals surface area contributed by atoms with Gasteiger partial charge in [-0.2, -0.15) is 0 Å². The van der Waals surface area contributed by atoms with Crippen LogP contribution >= 0.6 is 11.6 Å². The molecule has 1 aromatic heterocycles. The standard InChI is InChI=1S/C8H8ClNO3/c1-6(13-5-11)10-4-2-3-7(9)8(10)12/h2-6H,1H3. The second-order valence-electron chi connectivity index (χ2n) is 2.40. The van der Waals surface area contributed by atoms with Crippen molar-refractivity contribution < 1.29 is 9.53 Å². The zero-order valence-corrected chi connectivity index (χ0v) is 7.69. The fourth-order valence-corrected chi connectivity index (χ4v) is 1.09. The Bertz CT molecular complexity index is 361. The molecule has 0 saturated carbocycles. The molecular formula is C8H8ClNO3. The Kier molecular flexibility index (Phi) is 3.08. The van der Waals surface area contributed by atoms with Crippen molar-refractivity contribution in [1.29, 1.82) is 0 Å². The van der Waals surface area contributed by atoms with Crippen molar-refractivity contribution in [3.05, 3.63) is 33.7 Å². The van der Waals surface area contributed by atoms with Gasteiger partial charge in [-0.3, -0.25) is 14.2 Å². The summed E-state index contributed by atoms with van der Waals surface area (Å²) >= 11 is 5.58. The maximum absolute atomic E-state index is 11.3. The van der Waals surface area contributed by atoms with E-state index in [9.17, 15) is 9.59 Å². The summed E-state index contributed by atoms with van der Waals surface area (Å²) < 4.78 is 5.82. The van der Waals surface area contributed by atoms with E-state index in [-0.39, 0.29) is 17.1 Å². The Hall–Kier alpha value is -1.29. The van der Waals surface area contributed by atoms with Gasteiger partial charge in [0.2, 0.25) is 0 Å². The SMILES string of the molecule is CC(OC=O)n1cccc(Cl)c1=O. The van der Waals surface area contributed by atoms with E-state index in [1.165, 1.54) is 16.8 Å². The smallest absolute Gasteiger partial charge is 0.295 e. The third-order valence-corrected chi connectivity index (χ3v) is 1.86. The van der Waals surface area contributed by atoms with Crippen LogP contribution in [0.1, 0.15) is 13.2 Å². The fourth-order valence-electron chi connectivity index (χ4n) is 0.915. The highest BCUT2D eigenvalue weighted by atomic mass is 35.5. The van der Waals surface area contributed by atoms with Crippen LogP contribution in [0.3, 0.4) is 0 Å². The van der Waals surface area contributed by atoms with Crippen LogP contribution in [0.4, 0.5) is 0 Å². The maximum Gasteiger partial charge on any atom is 0.295 e. The van der Waals surface area contributed by atoms with Crippen molar-refractivity contribution >= 4 is 18.1 Å². The molecule has 5 heteroatoms. The van der Waals surface area contributed by atoms with Crippen LogP contribution in [-0.4, -0.2) is 11.0 Å². The van der Waals surface area contributed by atoms with E-state index in [1.54, 1.807) is 13.0 Å². The largest absolute Gasteiger partial charge is 0.444 e. The van der Waals surface area contributed by atoms with E-state index < -0.39 is 6.23 Å². The van der Waals surface area contributed by atoms with Gasteiger partial charge >= 0.3 is 0 Å². The first-order chi connectivity index (χ1) is 6.16. The Morgan fingerprint density at radius 2 is 2.38 bits per heavy atom. The zero-order valence-electron chi connectivity index (χ0n) is 6.94. The third kappa shape index (κ3) is 2.09. The van der Waals surface area contributed by atoms with Crippen LogP contribution in [0.5, 0.6) is 0 Å². The molecule has 1 aromatic rings. The highest BCUT2D eigenvalue weighted by Gasteiger charge is 2.07. The van der Waals surface area contributed by atoms with Gasteiger partial charge in [0.25, 0.3) is 12.0 Å². The highest BCUT2D eigenvalue weighted by Crippen LogP contribution is 2.05. The predicted octanol–water partition coefficient (Wildman–Crippen LogP) is 1.19. The molecule has 0 fully saturated rings. The molecule has 0 saturated heterocycles. The highest BCUT2D eigenvalue weighted by molar-refractivity contribution is 6.30. The van der Waals surface area contributed by atoms with E-state index in [0.717, 1.165) is 0 Å². The molecule has 0 aliphatic rings. The summed E-state index contributed by atoms with van der Waals surface area (Å²) in [5.41, 5.74) is -0.376. The molecule has 13 heavy (non-hydrogen) atoms. The molecule has 0 aromatic carbocycles. The van der Waals surface area contributed by atoms with Crippen molar-refractivity contribution in [3.8, 4) is 0 Å². The summed E-state index contributed by atoms with van der Waals surface area (Å²) in [5.74, 6) is 0. The summed E-state index contributed by atoms with van der Waals surface area (Å²) in [4.78, 5) is 21.3. The van der Waals surface area contributed by atoms with Crippen molar-refractivity contribution in [3.63, 3.8) is 0 Å². The van der Waals surface area contributed by atoms with Crippen LogP contribution < -0.4 is 5.56 Å². The van der Waals surface area contributed by atoms with Crippen LogP contribution in [0.25, 0.3) is 0 Å². The number of carbonyl (C=O) groups excluding carboxylic acids is 1. The van der Waals surface area contributed by atoms with E-state index >= 15 is 0 Å². The summed E-state index contributed by atoms with van der Waals surface area (Å²) in [6, 6.07) is 3.09. The van der Waals surface area contributed by atoms with Crippen molar-refractivity contribution in [1.82, 2.24) is 4.57 Å². The normalized spacial score (nSPS) is 12.2. The first-order valence-electron chi connectivity index (χ1n) is 3.62. The van der Waals surface area contributed by atoms with E-state index in [2.05, 4.69) is 4.74 Å². The Balaban J connectivity index is 3.07. The number of halogens is 1. The van der Waals surface area contributed by atoms with Crippen LogP contribution in [0.15, 0.2) is 23.1 Å². The van der Waals surface area contributed by atoms with E-state index in [0.29, 0.717) is 0 Å². The molecule has 0 N–H and O–H groups in total. The number of rotatable bonds is 3. The van der Waals surface area contributed by atoms with Gasteiger partial charge in [0.1, 0.15) is 5.02 Å². The molecule has 0 amide bonds. The summed E-state index contributed by atoms with van der Waals surface area (Å²) in [7, 11) is 0. The van der Waals surface area contributed by atoms with Gasteiger partial charge in [-0.15, -0.1) is 0 Å². The lowest BCUT2D eigenvalue weighted by atomic mass is 10.4. The molecule has 1 unspecified atom stereocenters. The molecule has 0 radical (unpaired) electrons. The Labute approximate surface area is 79.7 Å². The number of hydrogen-bond donors (Lipinski definition) is 0. The molecule has 4 nitrogen and oxygen atoms in total. The molecular weight excluding hydrogens is 194 g/mol. The van der Waals surface area contributed by atoms with Gasteiger partial charge in [-0.25, -0.2) is 0 Å². The Morgan fingerprint density at radius 3 is 3.00 bits per heavy atom. The minimum Gasteiger partial charge on any atom is -0.444 e. The quantitative estimate of drug-likeness (QED) is 0.691. The van der Waals surface area contributed by atoms with Gasteiger partial charge in [0.15, 0.2) is 6.23 Å². The lowest BCUT2D eigenvalue weighted by molar-refractivity contribution is -0.136. The van der Waals surface area contributed by atoms with E-state index in [4.69, 9.17) is 11.6 Å². The molecule has 0 aliphatic carbocycles. The van der Waals surface area contributed by atoms with Crippen LogP contribution in [0, 0.1) is 0 Å². The van der Waals surface area contributed by atoms with Crippen LogP contribution in [-0.2, 0) is 9.53 Å². The third-order valence-electron chi connectivity index (χ3n) is 1.57. The van der Waals surface area contributed by atoms with Crippen LogP contribution in [0.2, 0.25) is 5.02 Å². The number of ether oxygens (including phenoxy) is 1. The molecule has 0 spiro atoms. The van der Waals surface area contributed by atoms with Crippen molar-refractivity contribution in [2.45, 2.75) is 13.2 Å². The number of nitrogens with zero attached hydrogens (tertiary/aromatic N) is 1. The first kappa shape index (κ1) is 9.80. The number of aromatic nitrogens is 1. The lowest BCUT2D eigenvalue weighted by Crippen LogP contribution is -2.24. The fraction of sp³-hybridized carbons (Fsp3) is 0.250. The molecule has 70 valence electrons. The van der Waals surface area contributed by atoms with Crippen molar-refractivity contribution in [2.75, 3.05) is 0 Å². The second-order valence-corrected chi connectivity index (χ2v) is 2.81. The topological polar surface area (TPSA) is 48.3 Å². The molecule has 1 rings (SSSR count). The summed E-state index contributed by atoms with van der Waals surface area (Å²) in [6.45, 7) is 1.87. The average molecular weight is 202 g/mol. The van der Waals surface area contributed by atoms with Gasteiger partial charge in [-0.05, 0) is 19.1 Å². The monoisotopic (exact) mass is 201 g/mol. The summed E-state index contributed by atoms with van der Waals surface area (Å²) in [6.07, 6.45) is 0.867. The van der Waals surface area contributed by atoms with E-state index in [1.807, 2.05) is 0 Å². The lowest BCUT2D eigenvalue weighted by Gasteiger charge is -2.12. The van der Waals surface area contributed by atoms with Crippen molar-refractivity contribution in [2.24, 2.45) is 0 Å². The number of pyridine rings is 1. The first-order valence-corrected chi connectivity index (χ1v) is 4.00. The number of carbonyl (C=O) groups is 1. The van der Waals surface area contributed by atoms with Gasteiger partial charge in [0, 0.05) is 6.20 Å². The zero-order chi connectivity index (χ0) is 9.84. The van der Waals surface area contributed by atoms with Gasteiger partial charge < -0.3 is 4.74 Å². The summed E-state index contributed by atoms with van der Waals surface area (Å²) in [5, 5.41) is 0.101. The average Bonchev–Trinajstić information content (AvgIpc) is 2.10. The molecule has 1 heterocycles. The minimum absolute atomic E-state index is 0.101. The molecule has 1 atom stereocenters. The molecule has 0 bridgehead atoms. The molecule has 0 aliphatic heterocycles. The maximum atomic E-state index is 11.3. The number of hydrogen-bond acceptors (Lipinski definition) is 3. The Morgan fingerprint density at radius 1 is 1.69 bits per heavy atom. The minimum atomic E-state index is -0.635.